The molecule has 0 N–H and O–H groups in total. The molecule has 1 heterocycles. The van der Waals surface area contributed by atoms with Crippen molar-refractivity contribution in [3.05, 3.63) is 79.5 Å². The average Bonchev–Trinajstić information content (AvgIpc) is 2.68. The average molecular weight is 459 g/mol. The summed E-state index contributed by atoms with van der Waals surface area (Å²) in [6.07, 6.45) is 1.01. The summed E-state index contributed by atoms with van der Waals surface area (Å²) in [5.74, 6) is -0.607. The van der Waals surface area contributed by atoms with Gasteiger partial charge in [-0.25, -0.2) is 0 Å². The Morgan fingerprint density at radius 2 is 1.71 bits per heavy atom. The molecule has 0 aromatic heterocycles. The molecular weight excluding hydrogens is 439 g/mol. The van der Waals surface area contributed by atoms with E-state index in [9.17, 15) is 19.7 Å². The Morgan fingerprint density at radius 3 is 2.32 bits per heavy atom. The molecule has 4 rings (SSSR count). The van der Waals surface area contributed by atoms with E-state index in [2.05, 4.69) is 0 Å². The Bertz CT molecular complexity index is 1140. The number of carbonyl (C=O) groups is 2. The van der Waals surface area contributed by atoms with Crippen LogP contribution in [-0.2, 0) is 9.59 Å². The van der Waals surface area contributed by atoms with E-state index in [0.717, 1.165) is 0 Å². The lowest BCUT2D eigenvalue weighted by atomic mass is 9.69. The number of nitro groups is 1. The minimum atomic E-state index is -0.471. The first-order valence-corrected chi connectivity index (χ1v) is 10.6. The predicted octanol–water partition coefficient (Wildman–Crippen LogP) is 6.07. The van der Waals surface area contributed by atoms with E-state index in [-0.39, 0.29) is 29.2 Å². The highest BCUT2D eigenvalue weighted by atomic mass is 35.5. The van der Waals surface area contributed by atoms with Gasteiger partial charge in [0.05, 0.1) is 20.7 Å². The van der Waals surface area contributed by atoms with Gasteiger partial charge in [0.25, 0.3) is 5.69 Å². The minimum Gasteiger partial charge on any atom is -0.294 e. The van der Waals surface area contributed by atoms with Crippen LogP contribution < -0.4 is 4.90 Å². The van der Waals surface area contributed by atoms with Crippen LogP contribution in [-0.4, -0.2) is 16.6 Å². The fourth-order valence-corrected chi connectivity index (χ4v) is 4.74. The van der Waals surface area contributed by atoms with Gasteiger partial charge in [-0.05, 0) is 35.6 Å². The van der Waals surface area contributed by atoms with E-state index in [4.69, 9.17) is 23.2 Å². The molecular formula is C23H20Cl2N2O4. The molecule has 0 spiro atoms. The second-order valence-electron chi connectivity index (χ2n) is 8.73. The summed E-state index contributed by atoms with van der Waals surface area (Å²) < 4.78 is 0. The van der Waals surface area contributed by atoms with Crippen molar-refractivity contribution in [3.8, 4) is 0 Å². The first kappa shape index (κ1) is 21.5. The van der Waals surface area contributed by atoms with Crippen LogP contribution in [0.5, 0.6) is 0 Å². The number of benzene rings is 2. The smallest absolute Gasteiger partial charge is 0.269 e. The van der Waals surface area contributed by atoms with Crippen molar-refractivity contribution in [1.82, 2.24) is 0 Å². The molecule has 2 aromatic carbocycles. The maximum Gasteiger partial charge on any atom is 0.269 e. The highest BCUT2D eigenvalue weighted by molar-refractivity contribution is 6.42. The number of allylic oxidation sites excluding steroid dienone is 2. The first-order chi connectivity index (χ1) is 14.6. The molecule has 0 bridgehead atoms. The zero-order valence-electron chi connectivity index (χ0n) is 17.0. The lowest BCUT2D eigenvalue weighted by Gasteiger charge is -2.43. The monoisotopic (exact) mass is 458 g/mol. The number of nitro benzene ring substituents is 1. The van der Waals surface area contributed by atoms with E-state index < -0.39 is 10.8 Å². The Balaban J connectivity index is 1.86. The zero-order chi connectivity index (χ0) is 22.5. The quantitative estimate of drug-likeness (QED) is 0.413. The maximum absolute atomic E-state index is 13.3. The number of ketones is 1. The number of anilines is 1. The Kier molecular flexibility index (Phi) is 5.40. The van der Waals surface area contributed by atoms with Gasteiger partial charge in [0.1, 0.15) is 0 Å². The summed E-state index contributed by atoms with van der Waals surface area (Å²) in [6.45, 7) is 4.00. The number of Topliss-reactive ketones (excluding diaryl/α,β-unsaturated/α-hetero) is 1. The summed E-state index contributed by atoms with van der Waals surface area (Å²) >= 11 is 12.2. The largest absolute Gasteiger partial charge is 0.294 e. The van der Waals surface area contributed by atoms with Crippen LogP contribution in [0.1, 0.15) is 44.6 Å². The molecule has 8 heteroatoms. The van der Waals surface area contributed by atoms with E-state index in [0.29, 0.717) is 45.4 Å². The third-order valence-corrected chi connectivity index (χ3v) is 6.55. The van der Waals surface area contributed by atoms with Gasteiger partial charge in [-0.15, -0.1) is 0 Å². The van der Waals surface area contributed by atoms with Gasteiger partial charge in [0, 0.05) is 42.2 Å². The fourth-order valence-electron chi connectivity index (χ4n) is 4.45. The van der Waals surface area contributed by atoms with Crippen molar-refractivity contribution in [3.63, 3.8) is 0 Å². The van der Waals surface area contributed by atoms with Crippen molar-refractivity contribution in [2.24, 2.45) is 5.41 Å². The standard InChI is InChI=1S/C23H20Cl2N2O4/c1-23(2)11-19-22(20(28)12-23)16(13-3-5-14(6-4-13)27(30)31)10-21(29)26(19)15-7-8-17(24)18(25)9-15/h3-9,16H,10-12H2,1-2H3. The van der Waals surface area contributed by atoms with Crippen molar-refractivity contribution in [2.45, 2.75) is 39.0 Å². The van der Waals surface area contributed by atoms with E-state index in [1.54, 1.807) is 35.2 Å². The lowest BCUT2D eigenvalue weighted by molar-refractivity contribution is -0.384. The number of halogens is 2. The van der Waals surface area contributed by atoms with Crippen LogP contribution in [0.3, 0.4) is 0 Å². The molecule has 0 saturated carbocycles. The number of hydrogen-bond donors (Lipinski definition) is 0. The number of nitrogens with zero attached hydrogens (tertiary/aromatic N) is 2. The van der Waals surface area contributed by atoms with Gasteiger partial charge in [-0.1, -0.05) is 49.2 Å². The number of hydrogen-bond acceptors (Lipinski definition) is 4. The molecule has 1 aliphatic carbocycles. The van der Waals surface area contributed by atoms with Crippen molar-refractivity contribution in [1.29, 1.82) is 0 Å². The van der Waals surface area contributed by atoms with Crippen LogP contribution in [0, 0.1) is 15.5 Å². The van der Waals surface area contributed by atoms with Gasteiger partial charge in [0.15, 0.2) is 5.78 Å². The van der Waals surface area contributed by atoms with Gasteiger partial charge in [-0.3, -0.25) is 24.6 Å². The van der Waals surface area contributed by atoms with Gasteiger partial charge >= 0.3 is 0 Å². The Labute approximate surface area is 189 Å². The molecule has 2 aliphatic rings. The summed E-state index contributed by atoms with van der Waals surface area (Å²) in [5.41, 5.74) is 2.21. The predicted molar refractivity (Wildman–Crippen MR) is 119 cm³/mol. The van der Waals surface area contributed by atoms with E-state index >= 15 is 0 Å². The van der Waals surface area contributed by atoms with Crippen molar-refractivity contribution < 1.29 is 14.5 Å². The molecule has 0 fully saturated rings. The maximum atomic E-state index is 13.3. The molecule has 6 nitrogen and oxygen atoms in total. The molecule has 0 radical (unpaired) electrons. The van der Waals surface area contributed by atoms with E-state index in [1.807, 2.05) is 13.8 Å². The number of rotatable bonds is 3. The SMILES string of the molecule is CC1(C)CC(=O)C2=C(C1)N(c1ccc(Cl)c(Cl)c1)C(=O)CC2c1ccc([N+](=O)[O-])cc1. The third kappa shape index (κ3) is 3.98. The second-order valence-corrected chi connectivity index (χ2v) is 9.55. The van der Waals surface area contributed by atoms with E-state index in [1.165, 1.54) is 12.1 Å². The van der Waals surface area contributed by atoms with Gasteiger partial charge < -0.3 is 0 Å². The zero-order valence-corrected chi connectivity index (χ0v) is 18.5. The number of non-ortho nitro benzene ring substituents is 1. The Morgan fingerprint density at radius 1 is 1.03 bits per heavy atom. The fraction of sp³-hybridized carbons (Fsp3) is 0.304. The highest BCUT2D eigenvalue weighted by Crippen LogP contribution is 2.48. The summed E-state index contributed by atoms with van der Waals surface area (Å²) in [5, 5.41) is 11.7. The molecule has 2 aromatic rings. The van der Waals surface area contributed by atoms with Crippen molar-refractivity contribution >= 4 is 46.3 Å². The molecule has 1 amide bonds. The normalized spacial score (nSPS) is 20.6. The van der Waals surface area contributed by atoms with Crippen LogP contribution in [0.25, 0.3) is 0 Å². The molecule has 1 aliphatic heterocycles. The minimum absolute atomic E-state index is 0.00726. The van der Waals surface area contributed by atoms with Crippen LogP contribution in [0.15, 0.2) is 53.7 Å². The van der Waals surface area contributed by atoms with Crippen LogP contribution in [0.2, 0.25) is 10.0 Å². The summed E-state index contributed by atoms with van der Waals surface area (Å²) in [7, 11) is 0. The van der Waals surface area contributed by atoms with Crippen LogP contribution >= 0.6 is 23.2 Å². The van der Waals surface area contributed by atoms with Crippen molar-refractivity contribution in [2.75, 3.05) is 4.90 Å². The second kappa shape index (κ2) is 7.77. The Hall–Kier alpha value is -2.70. The van der Waals surface area contributed by atoms with Gasteiger partial charge in [0.2, 0.25) is 5.91 Å². The number of carbonyl (C=O) groups excluding carboxylic acids is 2. The molecule has 0 saturated heterocycles. The molecule has 160 valence electrons. The lowest BCUT2D eigenvalue weighted by Crippen LogP contribution is -2.43. The summed E-state index contributed by atoms with van der Waals surface area (Å²) in [6, 6.07) is 11.0. The highest BCUT2D eigenvalue weighted by Gasteiger charge is 2.44. The number of amides is 1. The molecule has 31 heavy (non-hydrogen) atoms. The molecule has 1 unspecified atom stereocenters. The van der Waals surface area contributed by atoms with Gasteiger partial charge in [-0.2, -0.15) is 0 Å². The topological polar surface area (TPSA) is 80.5 Å². The third-order valence-electron chi connectivity index (χ3n) is 5.81. The molecule has 1 atom stereocenters. The summed E-state index contributed by atoms with van der Waals surface area (Å²) in [4.78, 5) is 38.7. The van der Waals surface area contributed by atoms with Crippen LogP contribution in [0.4, 0.5) is 11.4 Å². The first-order valence-electron chi connectivity index (χ1n) is 9.86.